The topological polar surface area (TPSA) is 52.9 Å². The van der Waals surface area contributed by atoms with Crippen LogP contribution in [0.4, 0.5) is 0 Å². The van der Waals surface area contributed by atoms with E-state index in [4.69, 9.17) is 0 Å². The van der Waals surface area contributed by atoms with Crippen molar-refractivity contribution < 1.29 is 4.79 Å². The molecule has 110 valence electrons. The fourth-order valence-corrected chi connectivity index (χ4v) is 4.14. The lowest BCUT2D eigenvalue weighted by Crippen LogP contribution is -2.30. The number of nitrogens with one attached hydrogen (secondary N) is 1. The predicted octanol–water partition coefficient (Wildman–Crippen LogP) is 3.36. The van der Waals surface area contributed by atoms with Crippen LogP contribution in [-0.2, 0) is 4.79 Å². The molecule has 1 aromatic rings. The first kappa shape index (κ1) is 14.1. The zero-order valence-electron chi connectivity index (χ0n) is 12.3. The quantitative estimate of drug-likeness (QED) is 0.924. The molecule has 3 rings (SSSR count). The van der Waals surface area contributed by atoms with E-state index in [2.05, 4.69) is 17.5 Å². The van der Waals surface area contributed by atoms with Crippen LogP contribution in [0.1, 0.15) is 55.6 Å². The molecule has 0 radical (unpaired) electrons. The third kappa shape index (κ3) is 2.81. The van der Waals surface area contributed by atoms with Crippen molar-refractivity contribution in [3.8, 4) is 6.07 Å². The largest absolute Gasteiger partial charge is 0.356 e. The van der Waals surface area contributed by atoms with Gasteiger partial charge in [-0.05, 0) is 42.7 Å². The molecule has 0 spiro atoms. The molecule has 2 aliphatic rings. The molecule has 21 heavy (non-hydrogen) atoms. The lowest BCUT2D eigenvalue weighted by atomic mass is 9.69. The van der Waals surface area contributed by atoms with E-state index in [-0.39, 0.29) is 17.7 Å². The van der Waals surface area contributed by atoms with Gasteiger partial charge in [0.05, 0.1) is 11.6 Å². The maximum Gasteiger partial charge on any atom is 0.223 e. The summed E-state index contributed by atoms with van der Waals surface area (Å²) in [5.74, 6) is 0.978. The molecule has 0 bridgehead atoms. The number of hydrogen-bond donors (Lipinski definition) is 1. The van der Waals surface area contributed by atoms with Crippen LogP contribution in [-0.4, -0.2) is 12.5 Å². The van der Waals surface area contributed by atoms with E-state index in [1.54, 1.807) is 0 Å². The summed E-state index contributed by atoms with van der Waals surface area (Å²) in [6.45, 7) is 0.779. The maximum atomic E-state index is 12.2. The Morgan fingerprint density at radius 2 is 1.90 bits per heavy atom. The molecule has 3 heteroatoms. The van der Waals surface area contributed by atoms with Gasteiger partial charge in [0.1, 0.15) is 0 Å². The van der Waals surface area contributed by atoms with Gasteiger partial charge in [0.25, 0.3) is 0 Å². The van der Waals surface area contributed by atoms with Crippen molar-refractivity contribution in [1.82, 2.24) is 5.32 Å². The van der Waals surface area contributed by atoms with E-state index in [9.17, 15) is 10.1 Å². The molecule has 3 nitrogen and oxygen atoms in total. The normalized spacial score (nSPS) is 24.3. The fourth-order valence-electron chi connectivity index (χ4n) is 4.14. The second kappa shape index (κ2) is 6.30. The summed E-state index contributed by atoms with van der Waals surface area (Å²) in [6, 6.07) is 10.2. The Labute approximate surface area is 126 Å². The summed E-state index contributed by atoms with van der Waals surface area (Å²) in [7, 11) is 0. The zero-order valence-corrected chi connectivity index (χ0v) is 12.3. The van der Waals surface area contributed by atoms with Crippen LogP contribution < -0.4 is 5.32 Å². The Hall–Kier alpha value is -1.82. The minimum absolute atomic E-state index is 0.0441. The summed E-state index contributed by atoms with van der Waals surface area (Å²) >= 11 is 0. The highest BCUT2D eigenvalue weighted by molar-refractivity contribution is 5.81. The van der Waals surface area contributed by atoms with Gasteiger partial charge in [-0.15, -0.1) is 0 Å². The number of amides is 1. The van der Waals surface area contributed by atoms with E-state index in [1.807, 2.05) is 18.2 Å². The molecule has 0 aromatic heterocycles. The summed E-state index contributed by atoms with van der Waals surface area (Å²) < 4.78 is 0. The van der Waals surface area contributed by atoms with Gasteiger partial charge in [-0.3, -0.25) is 4.79 Å². The van der Waals surface area contributed by atoms with Gasteiger partial charge in [0.15, 0.2) is 0 Å². The fraction of sp³-hybridized carbons (Fsp3) is 0.556. The number of benzene rings is 1. The van der Waals surface area contributed by atoms with Crippen molar-refractivity contribution in [2.75, 3.05) is 6.54 Å². The Kier molecular flexibility index (Phi) is 4.24. The van der Waals surface area contributed by atoms with E-state index in [0.717, 1.165) is 24.1 Å². The summed E-state index contributed by atoms with van der Waals surface area (Å²) in [4.78, 5) is 12.2. The SMILES string of the molecule is N#Cc1ccccc1C(C1CCCCC1)C1CCNC1=O. The third-order valence-corrected chi connectivity index (χ3v) is 5.12. The van der Waals surface area contributed by atoms with Crippen molar-refractivity contribution in [1.29, 1.82) is 5.26 Å². The third-order valence-electron chi connectivity index (χ3n) is 5.12. The smallest absolute Gasteiger partial charge is 0.223 e. The lowest BCUT2D eigenvalue weighted by Gasteiger charge is -2.34. The van der Waals surface area contributed by atoms with Crippen LogP contribution in [0.3, 0.4) is 0 Å². The monoisotopic (exact) mass is 282 g/mol. The Bertz CT molecular complexity index is 555. The van der Waals surface area contributed by atoms with Gasteiger partial charge in [-0.1, -0.05) is 37.5 Å². The molecule has 2 fully saturated rings. The maximum absolute atomic E-state index is 12.2. The van der Waals surface area contributed by atoms with Crippen LogP contribution in [0.25, 0.3) is 0 Å². The average molecular weight is 282 g/mol. The first-order chi connectivity index (χ1) is 10.3. The molecular formula is C18H22N2O. The number of nitriles is 1. The van der Waals surface area contributed by atoms with Crippen molar-refractivity contribution in [3.63, 3.8) is 0 Å². The highest BCUT2D eigenvalue weighted by atomic mass is 16.2. The molecule has 1 saturated carbocycles. The number of nitrogens with zero attached hydrogens (tertiary/aromatic N) is 1. The molecule has 1 aromatic carbocycles. The molecule has 1 aliphatic heterocycles. The zero-order chi connectivity index (χ0) is 14.7. The molecule has 1 aliphatic carbocycles. The van der Waals surface area contributed by atoms with Crippen LogP contribution in [0.15, 0.2) is 24.3 Å². The van der Waals surface area contributed by atoms with E-state index in [0.29, 0.717) is 5.92 Å². The predicted molar refractivity (Wildman–Crippen MR) is 81.6 cm³/mol. The molecule has 1 amide bonds. The number of carbonyl (C=O) groups is 1. The van der Waals surface area contributed by atoms with Gasteiger partial charge >= 0.3 is 0 Å². The van der Waals surface area contributed by atoms with E-state index < -0.39 is 0 Å². The number of rotatable bonds is 3. The van der Waals surface area contributed by atoms with Crippen molar-refractivity contribution >= 4 is 5.91 Å². The number of hydrogen-bond acceptors (Lipinski definition) is 2. The average Bonchev–Trinajstić information content (AvgIpc) is 2.95. The van der Waals surface area contributed by atoms with E-state index in [1.165, 1.54) is 32.1 Å². The van der Waals surface area contributed by atoms with Crippen LogP contribution >= 0.6 is 0 Å². The first-order valence-electron chi connectivity index (χ1n) is 8.08. The minimum Gasteiger partial charge on any atom is -0.356 e. The van der Waals surface area contributed by atoms with Gasteiger partial charge in [0, 0.05) is 12.5 Å². The highest BCUT2D eigenvalue weighted by Crippen LogP contribution is 2.43. The molecule has 2 unspecified atom stereocenters. The summed E-state index contributed by atoms with van der Waals surface area (Å²) in [6.07, 6.45) is 7.09. The van der Waals surface area contributed by atoms with Crippen LogP contribution in [0.5, 0.6) is 0 Å². The van der Waals surface area contributed by atoms with Crippen LogP contribution in [0, 0.1) is 23.2 Å². The Balaban J connectivity index is 1.98. The molecule has 2 atom stereocenters. The molecule has 1 saturated heterocycles. The van der Waals surface area contributed by atoms with Crippen molar-refractivity contribution in [2.45, 2.75) is 44.4 Å². The second-order valence-electron chi connectivity index (χ2n) is 6.31. The Morgan fingerprint density at radius 1 is 1.14 bits per heavy atom. The number of carbonyl (C=O) groups excluding carboxylic acids is 1. The lowest BCUT2D eigenvalue weighted by molar-refractivity contribution is -0.123. The summed E-state index contributed by atoms with van der Waals surface area (Å²) in [5, 5.41) is 12.4. The standard InChI is InChI=1S/C18H22N2O/c19-12-14-8-4-5-9-15(14)17(13-6-2-1-3-7-13)16-10-11-20-18(16)21/h4-5,8-9,13,16-17H,1-3,6-7,10-11H2,(H,20,21). The van der Waals surface area contributed by atoms with Crippen molar-refractivity contribution in [3.05, 3.63) is 35.4 Å². The molecule has 1 heterocycles. The minimum atomic E-state index is 0.0441. The highest BCUT2D eigenvalue weighted by Gasteiger charge is 2.39. The molecular weight excluding hydrogens is 260 g/mol. The molecule has 1 N–H and O–H groups in total. The first-order valence-corrected chi connectivity index (χ1v) is 8.08. The van der Waals surface area contributed by atoms with Gasteiger partial charge < -0.3 is 5.32 Å². The van der Waals surface area contributed by atoms with E-state index >= 15 is 0 Å². The van der Waals surface area contributed by atoms with Gasteiger partial charge in [-0.2, -0.15) is 5.26 Å². The van der Waals surface area contributed by atoms with Gasteiger partial charge in [-0.25, -0.2) is 0 Å². The van der Waals surface area contributed by atoms with Crippen LogP contribution in [0.2, 0.25) is 0 Å². The van der Waals surface area contributed by atoms with Crippen molar-refractivity contribution in [2.24, 2.45) is 11.8 Å². The second-order valence-corrected chi connectivity index (χ2v) is 6.31. The summed E-state index contributed by atoms with van der Waals surface area (Å²) in [5.41, 5.74) is 1.83. The van der Waals surface area contributed by atoms with Gasteiger partial charge in [0.2, 0.25) is 5.91 Å². The Morgan fingerprint density at radius 3 is 2.57 bits per heavy atom.